The van der Waals surface area contributed by atoms with Crippen LogP contribution in [-0.4, -0.2) is 16.1 Å². The molecule has 2 aromatic heterocycles. The fourth-order valence-electron chi connectivity index (χ4n) is 2.69. The van der Waals surface area contributed by atoms with Crippen molar-refractivity contribution in [2.75, 3.05) is 0 Å². The van der Waals surface area contributed by atoms with Gasteiger partial charge >= 0.3 is 5.97 Å². The quantitative estimate of drug-likeness (QED) is 0.585. The predicted molar refractivity (Wildman–Crippen MR) is 85.8 cm³/mol. The third kappa shape index (κ3) is 2.38. The van der Waals surface area contributed by atoms with E-state index in [-0.39, 0.29) is 18.1 Å². The van der Waals surface area contributed by atoms with Crippen LogP contribution in [0.4, 0.5) is 4.39 Å². The van der Waals surface area contributed by atoms with Crippen molar-refractivity contribution in [3.05, 3.63) is 65.8 Å². The van der Waals surface area contributed by atoms with Gasteiger partial charge in [0.05, 0.1) is 6.26 Å². The molecular formula is C18H12FNO4. The van der Waals surface area contributed by atoms with E-state index >= 15 is 0 Å². The van der Waals surface area contributed by atoms with Gasteiger partial charge in [0.1, 0.15) is 29.5 Å². The maximum absolute atomic E-state index is 13.4. The number of fused-ring (bicyclic) bond motifs is 2. The van der Waals surface area contributed by atoms with Gasteiger partial charge in [-0.25, -0.2) is 9.18 Å². The molecule has 0 saturated carbocycles. The number of aromatic amines is 1. The monoisotopic (exact) mass is 325 g/mol. The maximum Gasteiger partial charge on any atom is 0.352 e. The molecule has 0 aliphatic rings. The Labute approximate surface area is 135 Å². The van der Waals surface area contributed by atoms with E-state index in [2.05, 4.69) is 4.98 Å². The molecule has 0 aliphatic carbocycles. The summed E-state index contributed by atoms with van der Waals surface area (Å²) in [7, 11) is 0. The van der Waals surface area contributed by atoms with Gasteiger partial charge in [0.15, 0.2) is 0 Å². The van der Waals surface area contributed by atoms with Crippen molar-refractivity contribution in [2.45, 2.75) is 6.61 Å². The smallest absolute Gasteiger partial charge is 0.352 e. The molecule has 0 amide bonds. The molecule has 0 bridgehead atoms. The number of carboxylic acid groups (broad SMARTS) is 1. The molecule has 0 spiro atoms. The second-order valence-corrected chi connectivity index (χ2v) is 5.40. The fourth-order valence-corrected chi connectivity index (χ4v) is 2.69. The Morgan fingerprint density at radius 2 is 2.08 bits per heavy atom. The zero-order valence-corrected chi connectivity index (χ0v) is 12.4. The van der Waals surface area contributed by atoms with Gasteiger partial charge in [0.25, 0.3) is 0 Å². The van der Waals surface area contributed by atoms with Crippen molar-refractivity contribution in [1.82, 2.24) is 4.98 Å². The number of H-pyrrole nitrogens is 1. The molecule has 2 aromatic carbocycles. The first kappa shape index (κ1) is 14.3. The first-order valence-corrected chi connectivity index (χ1v) is 7.25. The van der Waals surface area contributed by atoms with Crippen LogP contribution in [0.1, 0.15) is 16.1 Å². The summed E-state index contributed by atoms with van der Waals surface area (Å²) in [4.78, 5) is 13.9. The lowest BCUT2D eigenvalue weighted by molar-refractivity contribution is 0.0691. The zero-order chi connectivity index (χ0) is 16.7. The largest absolute Gasteiger partial charge is 0.488 e. The Bertz CT molecular complexity index is 1060. The first-order chi connectivity index (χ1) is 11.6. The van der Waals surface area contributed by atoms with Gasteiger partial charge in [0.2, 0.25) is 0 Å². The van der Waals surface area contributed by atoms with Gasteiger partial charge in [-0.3, -0.25) is 0 Å². The predicted octanol–water partition coefficient (Wildman–Crippen LogP) is 4.33. The normalized spacial score (nSPS) is 11.2. The minimum atomic E-state index is -1.03. The molecule has 0 radical (unpaired) electrons. The number of aromatic nitrogens is 1. The molecular weight excluding hydrogens is 313 g/mol. The molecule has 0 aliphatic heterocycles. The van der Waals surface area contributed by atoms with Crippen molar-refractivity contribution in [3.8, 4) is 5.75 Å². The van der Waals surface area contributed by atoms with Gasteiger partial charge in [-0.1, -0.05) is 6.07 Å². The number of halogens is 1. The highest BCUT2D eigenvalue weighted by atomic mass is 19.1. The lowest BCUT2D eigenvalue weighted by Crippen LogP contribution is -1.95. The molecule has 5 nitrogen and oxygen atoms in total. The molecule has 0 atom stereocenters. The average molecular weight is 325 g/mol. The summed E-state index contributed by atoms with van der Waals surface area (Å²) in [6.45, 7) is 0.184. The Morgan fingerprint density at radius 1 is 1.21 bits per heavy atom. The van der Waals surface area contributed by atoms with Crippen LogP contribution in [0.25, 0.3) is 21.9 Å². The summed E-state index contributed by atoms with van der Waals surface area (Å²) in [6, 6.07) is 11.1. The highest BCUT2D eigenvalue weighted by molar-refractivity contribution is 5.96. The number of aromatic carboxylic acids is 1. The van der Waals surface area contributed by atoms with E-state index in [4.69, 9.17) is 14.3 Å². The van der Waals surface area contributed by atoms with E-state index in [0.717, 1.165) is 5.56 Å². The number of rotatable bonds is 4. The van der Waals surface area contributed by atoms with Gasteiger partial charge in [-0.15, -0.1) is 0 Å². The molecule has 4 rings (SSSR count). The van der Waals surface area contributed by atoms with Crippen LogP contribution in [-0.2, 0) is 6.61 Å². The Kier molecular flexibility index (Phi) is 3.23. The standard InChI is InChI=1S/C18H12FNO4/c19-11-4-5-17-12(6-11)10(9-24-17)8-23-16-3-1-2-14-13(16)7-15(20-14)18(21)22/h1-7,9,20H,8H2,(H,21,22). The second-order valence-electron chi connectivity index (χ2n) is 5.40. The summed E-state index contributed by atoms with van der Waals surface area (Å²) >= 11 is 0. The highest BCUT2D eigenvalue weighted by Gasteiger charge is 2.12. The summed E-state index contributed by atoms with van der Waals surface area (Å²) in [5.74, 6) is -0.834. The van der Waals surface area contributed by atoms with Crippen molar-refractivity contribution >= 4 is 27.8 Å². The molecule has 4 aromatic rings. The van der Waals surface area contributed by atoms with Gasteiger partial charge in [-0.2, -0.15) is 0 Å². The Balaban J connectivity index is 1.66. The molecule has 2 N–H and O–H groups in total. The number of hydrogen-bond acceptors (Lipinski definition) is 3. The van der Waals surface area contributed by atoms with E-state index < -0.39 is 5.97 Å². The Hall–Kier alpha value is -3.28. The van der Waals surface area contributed by atoms with Crippen LogP contribution in [0.5, 0.6) is 5.75 Å². The van der Waals surface area contributed by atoms with Crippen LogP contribution in [0, 0.1) is 5.82 Å². The average Bonchev–Trinajstić information content (AvgIpc) is 3.16. The minimum Gasteiger partial charge on any atom is -0.488 e. The zero-order valence-electron chi connectivity index (χ0n) is 12.4. The minimum absolute atomic E-state index is 0.0943. The topological polar surface area (TPSA) is 75.5 Å². The summed E-state index contributed by atoms with van der Waals surface area (Å²) in [6.07, 6.45) is 1.53. The summed E-state index contributed by atoms with van der Waals surface area (Å²) in [5.41, 5.74) is 2.07. The van der Waals surface area contributed by atoms with E-state index in [1.54, 1.807) is 24.3 Å². The van der Waals surface area contributed by atoms with Crippen LogP contribution in [0.3, 0.4) is 0 Å². The van der Waals surface area contributed by atoms with Gasteiger partial charge in [-0.05, 0) is 36.4 Å². The SMILES string of the molecule is O=C(O)c1cc2c(OCc3coc4ccc(F)cc34)cccc2[nH]1. The Morgan fingerprint density at radius 3 is 2.92 bits per heavy atom. The second kappa shape index (κ2) is 5.42. The maximum atomic E-state index is 13.4. The van der Waals surface area contributed by atoms with Crippen molar-refractivity contribution in [1.29, 1.82) is 0 Å². The molecule has 0 saturated heterocycles. The third-order valence-electron chi connectivity index (χ3n) is 3.85. The fraction of sp³-hybridized carbons (Fsp3) is 0.0556. The van der Waals surface area contributed by atoms with Crippen LogP contribution >= 0.6 is 0 Å². The summed E-state index contributed by atoms with van der Waals surface area (Å²) in [5, 5.41) is 10.4. The molecule has 2 heterocycles. The molecule has 120 valence electrons. The number of nitrogens with one attached hydrogen (secondary N) is 1. The van der Waals surface area contributed by atoms with Crippen molar-refractivity contribution in [2.24, 2.45) is 0 Å². The van der Waals surface area contributed by atoms with Crippen LogP contribution < -0.4 is 4.74 Å². The van der Waals surface area contributed by atoms with Gasteiger partial charge in [0, 0.05) is 21.9 Å². The molecule has 24 heavy (non-hydrogen) atoms. The van der Waals surface area contributed by atoms with Crippen LogP contribution in [0.2, 0.25) is 0 Å². The number of ether oxygens (including phenoxy) is 1. The first-order valence-electron chi connectivity index (χ1n) is 7.25. The highest BCUT2D eigenvalue weighted by Crippen LogP contribution is 2.29. The van der Waals surface area contributed by atoms with Crippen molar-refractivity contribution in [3.63, 3.8) is 0 Å². The molecule has 0 unspecified atom stereocenters. The van der Waals surface area contributed by atoms with E-state index in [9.17, 15) is 9.18 Å². The number of benzene rings is 2. The molecule has 0 fully saturated rings. The van der Waals surface area contributed by atoms with E-state index in [1.807, 2.05) is 0 Å². The lowest BCUT2D eigenvalue weighted by Gasteiger charge is -2.06. The van der Waals surface area contributed by atoms with E-state index in [0.29, 0.717) is 27.6 Å². The number of hydrogen-bond donors (Lipinski definition) is 2. The lowest BCUT2D eigenvalue weighted by atomic mass is 10.2. The van der Waals surface area contributed by atoms with Gasteiger partial charge < -0.3 is 19.2 Å². The molecule has 6 heteroatoms. The third-order valence-corrected chi connectivity index (χ3v) is 3.85. The number of carbonyl (C=O) groups is 1. The van der Waals surface area contributed by atoms with Crippen molar-refractivity contribution < 1.29 is 23.4 Å². The van der Waals surface area contributed by atoms with Crippen LogP contribution in [0.15, 0.2) is 53.1 Å². The summed E-state index contributed by atoms with van der Waals surface area (Å²) < 4.78 is 24.6. The van der Waals surface area contributed by atoms with E-state index in [1.165, 1.54) is 24.5 Å². The number of carboxylic acids is 1. The number of furan rings is 1.